The minimum atomic E-state index is 0.123. The van der Waals surface area contributed by atoms with E-state index in [0.717, 1.165) is 12.4 Å². The molecule has 0 N–H and O–H groups in total. The van der Waals surface area contributed by atoms with Crippen molar-refractivity contribution in [2.45, 2.75) is 19.4 Å². The molecule has 0 bridgehead atoms. The molecule has 3 heterocycles. The van der Waals surface area contributed by atoms with Gasteiger partial charge in [0.15, 0.2) is 11.5 Å². The van der Waals surface area contributed by atoms with E-state index in [9.17, 15) is 4.79 Å². The quantitative estimate of drug-likeness (QED) is 0.646. The number of amides is 1. The predicted molar refractivity (Wildman–Crippen MR) is 105 cm³/mol. The molecule has 1 saturated heterocycles. The number of hydrogen-bond acceptors (Lipinski definition) is 6. The fraction of sp³-hybridized carbons (Fsp3) is 0.400. The van der Waals surface area contributed by atoms with Gasteiger partial charge in [0, 0.05) is 39.5 Å². The van der Waals surface area contributed by atoms with Crippen LogP contribution >= 0.6 is 0 Å². The lowest BCUT2D eigenvalue weighted by molar-refractivity contribution is -0.135. The number of ether oxygens (including phenoxy) is 1. The highest BCUT2D eigenvalue weighted by Gasteiger charge is 2.18. The third kappa shape index (κ3) is 4.12. The second kappa shape index (κ2) is 8.35. The minimum absolute atomic E-state index is 0.123. The van der Waals surface area contributed by atoms with Gasteiger partial charge >= 0.3 is 0 Å². The van der Waals surface area contributed by atoms with Crippen LogP contribution in [0.15, 0.2) is 42.5 Å². The monoisotopic (exact) mass is 380 g/mol. The van der Waals surface area contributed by atoms with E-state index in [1.807, 2.05) is 42.3 Å². The number of anilines is 1. The molecule has 1 aliphatic rings. The first kappa shape index (κ1) is 18.4. The first-order chi connectivity index (χ1) is 13.7. The molecule has 8 heteroatoms. The van der Waals surface area contributed by atoms with E-state index in [-0.39, 0.29) is 5.91 Å². The van der Waals surface area contributed by atoms with Gasteiger partial charge in [0.1, 0.15) is 5.82 Å². The van der Waals surface area contributed by atoms with Gasteiger partial charge in [0.25, 0.3) is 0 Å². The Morgan fingerprint density at radius 2 is 1.89 bits per heavy atom. The number of nitrogens with zero attached hydrogens (tertiary/aromatic N) is 6. The Bertz CT molecular complexity index is 936. The summed E-state index contributed by atoms with van der Waals surface area (Å²) in [7, 11) is 2.01. The fourth-order valence-corrected chi connectivity index (χ4v) is 3.31. The van der Waals surface area contributed by atoms with Gasteiger partial charge in [0.2, 0.25) is 5.91 Å². The summed E-state index contributed by atoms with van der Waals surface area (Å²) in [6, 6.07) is 14.1. The van der Waals surface area contributed by atoms with E-state index in [1.54, 1.807) is 4.52 Å². The van der Waals surface area contributed by atoms with E-state index in [0.29, 0.717) is 50.6 Å². The highest BCUT2D eigenvalue weighted by molar-refractivity contribution is 5.76. The Balaban J connectivity index is 1.46. The van der Waals surface area contributed by atoms with Crippen molar-refractivity contribution in [2.24, 2.45) is 0 Å². The topological polar surface area (TPSA) is 75.9 Å². The maximum absolute atomic E-state index is 12.4. The Morgan fingerprint density at radius 1 is 1.11 bits per heavy atom. The van der Waals surface area contributed by atoms with Crippen molar-refractivity contribution >= 4 is 17.4 Å². The average molecular weight is 380 g/mol. The van der Waals surface area contributed by atoms with Crippen LogP contribution in [0.5, 0.6) is 0 Å². The lowest BCUT2D eigenvalue weighted by Crippen LogP contribution is -2.40. The summed E-state index contributed by atoms with van der Waals surface area (Å²) in [5.74, 6) is 1.65. The van der Waals surface area contributed by atoms with E-state index in [2.05, 4.69) is 27.2 Å². The zero-order valence-corrected chi connectivity index (χ0v) is 16.0. The Labute approximate surface area is 163 Å². The normalized spacial score (nSPS) is 14.4. The third-order valence-corrected chi connectivity index (χ3v) is 4.89. The number of rotatable bonds is 6. The van der Waals surface area contributed by atoms with Crippen LogP contribution in [0.2, 0.25) is 0 Å². The molecule has 28 heavy (non-hydrogen) atoms. The summed E-state index contributed by atoms with van der Waals surface area (Å²) in [4.78, 5) is 16.3. The van der Waals surface area contributed by atoms with Crippen LogP contribution in [-0.4, -0.2) is 64.0 Å². The van der Waals surface area contributed by atoms with Crippen LogP contribution in [-0.2, 0) is 22.5 Å². The van der Waals surface area contributed by atoms with Gasteiger partial charge in [-0.05, 0) is 17.7 Å². The van der Waals surface area contributed by atoms with Crippen LogP contribution in [0.25, 0.3) is 5.65 Å². The molecule has 0 radical (unpaired) electrons. The summed E-state index contributed by atoms with van der Waals surface area (Å²) in [5.41, 5.74) is 1.90. The molecule has 1 aliphatic heterocycles. The van der Waals surface area contributed by atoms with E-state index < -0.39 is 0 Å². The molecule has 0 unspecified atom stereocenters. The number of fused-ring (bicyclic) bond motifs is 1. The molecular formula is C20H24N6O2. The lowest BCUT2D eigenvalue weighted by atomic mass is 10.2. The van der Waals surface area contributed by atoms with Gasteiger partial charge in [-0.25, -0.2) is 0 Å². The van der Waals surface area contributed by atoms with Crippen LogP contribution < -0.4 is 4.90 Å². The molecule has 4 rings (SSSR count). The number of carbonyl (C=O) groups is 1. The van der Waals surface area contributed by atoms with Crippen molar-refractivity contribution in [1.29, 1.82) is 0 Å². The minimum Gasteiger partial charge on any atom is -0.378 e. The molecule has 0 atom stereocenters. The van der Waals surface area contributed by atoms with E-state index >= 15 is 0 Å². The summed E-state index contributed by atoms with van der Waals surface area (Å²) >= 11 is 0. The van der Waals surface area contributed by atoms with Crippen LogP contribution in [0.4, 0.5) is 5.82 Å². The largest absolute Gasteiger partial charge is 0.378 e. The molecule has 3 aromatic rings. The standard InChI is InChI=1S/C20H24N6O2/c1-24(15-16-5-3-2-4-6-16)19-8-7-17-21-22-18(26(17)23-19)9-10-20(27)25-11-13-28-14-12-25/h2-8H,9-15H2,1H3. The molecule has 8 nitrogen and oxygen atoms in total. The first-order valence-electron chi connectivity index (χ1n) is 9.52. The maximum Gasteiger partial charge on any atom is 0.223 e. The maximum atomic E-state index is 12.4. The van der Waals surface area contributed by atoms with Crippen LogP contribution in [0.3, 0.4) is 0 Å². The summed E-state index contributed by atoms with van der Waals surface area (Å²) < 4.78 is 7.04. The highest BCUT2D eigenvalue weighted by atomic mass is 16.5. The zero-order valence-electron chi connectivity index (χ0n) is 16.0. The highest BCUT2D eigenvalue weighted by Crippen LogP contribution is 2.15. The number of aromatic nitrogens is 4. The number of benzene rings is 1. The van der Waals surface area contributed by atoms with Crippen molar-refractivity contribution in [3.63, 3.8) is 0 Å². The van der Waals surface area contributed by atoms with Crippen molar-refractivity contribution in [3.8, 4) is 0 Å². The smallest absolute Gasteiger partial charge is 0.223 e. The predicted octanol–water partition coefficient (Wildman–Crippen LogP) is 1.55. The summed E-state index contributed by atoms with van der Waals surface area (Å²) in [5, 5.41) is 13.1. The van der Waals surface area contributed by atoms with Crippen molar-refractivity contribution in [2.75, 3.05) is 38.3 Å². The molecule has 0 spiro atoms. The van der Waals surface area contributed by atoms with Gasteiger partial charge in [0.05, 0.1) is 13.2 Å². The van der Waals surface area contributed by atoms with Gasteiger partial charge in [-0.3, -0.25) is 4.79 Å². The van der Waals surface area contributed by atoms with Gasteiger partial charge in [-0.2, -0.15) is 4.52 Å². The average Bonchev–Trinajstić information content (AvgIpc) is 3.15. The number of carbonyl (C=O) groups excluding carboxylic acids is 1. The second-order valence-electron chi connectivity index (χ2n) is 6.91. The fourth-order valence-electron chi connectivity index (χ4n) is 3.31. The number of hydrogen-bond donors (Lipinski definition) is 0. The number of aryl methyl sites for hydroxylation is 1. The van der Waals surface area contributed by atoms with E-state index in [1.165, 1.54) is 5.56 Å². The Hall–Kier alpha value is -3.00. The van der Waals surface area contributed by atoms with Gasteiger partial charge < -0.3 is 14.5 Å². The van der Waals surface area contributed by atoms with E-state index in [4.69, 9.17) is 9.84 Å². The summed E-state index contributed by atoms with van der Waals surface area (Å²) in [6.45, 7) is 3.29. The lowest BCUT2D eigenvalue weighted by Gasteiger charge is -2.26. The SMILES string of the molecule is CN(Cc1ccccc1)c1ccc2nnc(CCC(=O)N3CCOCC3)n2n1. The van der Waals surface area contributed by atoms with Crippen molar-refractivity contribution in [1.82, 2.24) is 24.7 Å². The van der Waals surface area contributed by atoms with Crippen molar-refractivity contribution in [3.05, 3.63) is 53.9 Å². The van der Waals surface area contributed by atoms with Crippen LogP contribution in [0, 0.1) is 0 Å². The molecule has 1 aromatic carbocycles. The zero-order chi connectivity index (χ0) is 19.3. The second-order valence-corrected chi connectivity index (χ2v) is 6.91. The van der Waals surface area contributed by atoms with Crippen molar-refractivity contribution < 1.29 is 9.53 Å². The molecule has 0 aliphatic carbocycles. The number of morpholine rings is 1. The molecule has 2 aromatic heterocycles. The first-order valence-corrected chi connectivity index (χ1v) is 9.52. The molecule has 1 amide bonds. The summed E-state index contributed by atoms with van der Waals surface area (Å²) in [6.07, 6.45) is 0.906. The Morgan fingerprint density at radius 3 is 2.68 bits per heavy atom. The Kier molecular flexibility index (Phi) is 5.48. The molecule has 1 fully saturated rings. The van der Waals surface area contributed by atoms with Crippen LogP contribution in [0.1, 0.15) is 17.8 Å². The van der Waals surface area contributed by atoms with Gasteiger partial charge in [-0.15, -0.1) is 15.3 Å². The molecule has 0 saturated carbocycles. The van der Waals surface area contributed by atoms with Gasteiger partial charge in [-0.1, -0.05) is 30.3 Å². The third-order valence-electron chi connectivity index (χ3n) is 4.89. The molecule has 146 valence electrons. The molecular weight excluding hydrogens is 356 g/mol.